The Morgan fingerprint density at radius 3 is 2.54 bits per heavy atom. The Bertz CT molecular complexity index is 1170. The number of hydrazine groups is 1. The monoisotopic (exact) mass is 453 g/mol. The normalized spacial score (nSPS) is 11.0. The highest BCUT2D eigenvalue weighted by Gasteiger charge is 2.12. The lowest BCUT2D eigenvalue weighted by Crippen LogP contribution is -2.29. The second-order valence-electron chi connectivity index (χ2n) is 6.47. The van der Waals surface area contributed by atoms with E-state index in [9.17, 15) is 4.79 Å². The third-order valence-electron chi connectivity index (χ3n) is 4.73. The molecule has 0 aliphatic carbocycles. The fraction of sp³-hybridized carbons (Fsp3) is 0.0455. The van der Waals surface area contributed by atoms with Crippen molar-refractivity contribution in [3.05, 3.63) is 93.5 Å². The summed E-state index contributed by atoms with van der Waals surface area (Å²) in [4.78, 5) is 11.7. The van der Waals surface area contributed by atoms with Gasteiger partial charge in [-0.1, -0.05) is 63.9 Å². The molecule has 3 N–H and O–H groups in total. The first-order valence-electron chi connectivity index (χ1n) is 8.70. The fourth-order valence-corrected chi connectivity index (χ4v) is 4.06. The van der Waals surface area contributed by atoms with E-state index in [0.29, 0.717) is 12.1 Å². The van der Waals surface area contributed by atoms with E-state index in [1.165, 1.54) is 0 Å². The minimum atomic E-state index is -0.307. The number of benzene rings is 3. The lowest BCUT2D eigenvalue weighted by atomic mass is 10.0. The van der Waals surface area contributed by atoms with E-state index in [0.717, 1.165) is 37.1 Å². The van der Waals surface area contributed by atoms with Gasteiger partial charge in [0.1, 0.15) is 0 Å². The van der Waals surface area contributed by atoms with Crippen LogP contribution in [0.5, 0.6) is 0 Å². The average molecular weight is 455 g/mol. The molecular weight excluding hydrogens is 438 g/mol. The van der Waals surface area contributed by atoms with Crippen LogP contribution in [-0.4, -0.2) is 10.5 Å². The Morgan fingerprint density at radius 1 is 1.07 bits per heavy atom. The van der Waals surface area contributed by atoms with Crippen LogP contribution in [0.2, 0.25) is 5.02 Å². The summed E-state index contributed by atoms with van der Waals surface area (Å²) in [6.07, 6.45) is 2.13. The van der Waals surface area contributed by atoms with Crippen LogP contribution in [0, 0.1) is 0 Å². The highest BCUT2D eigenvalue weighted by Crippen LogP contribution is 2.32. The van der Waals surface area contributed by atoms with Crippen LogP contribution in [0.25, 0.3) is 22.0 Å². The minimum Gasteiger partial charge on any atom is -0.342 e. The Kier molecular flexibility index (Phi) is 5.22. The van der Waals surface area contributed by atoms with Gasteiger partial charge in [-0.3, -0.25) is 10.2 Å². The lowest BCUT2D eigenvalue weighted by molar-refractivity contribution is 0.0953. The van der Waals surface area contributed by atoms with Gasteiger partial charge in [-0.25, -0.2) is 5.84 Å². The van der Waals surface area contributed by atoms with Crippen molar-refractivity contribution in [2.75, 3.05) is 0 Å². The Hall–Kier alpha value is -2.60. The molecule has 0 saturated heterocycles. The summed E-state index contributed by atoms with van der Waals surface area (Å²) < 4.78 is 3.15. The van der Waals surface area contributed by atoms with Gasteiger partial charge in [0.2, 0.25) is 0 Å². The van der Waals surface area contributed by atoms with Gasteiger partial charge < -0.3 is 4.57 Å². The SMILES string of the molecule is NNC(=O)c1ccc(-c2cn(Cc3ccc(Br)cc3Cl)c3ccccc23)cc1. The number of amides is 1. The zero-order valence-corrected chi connectivity index (χ0v) is 17.2. The first kappa shape index (κ1) is 18.7. The molecule has 140 valence electrons. The fourth-order valence-electron chi connectivity index (χ4n) is 3.33. The molecule has 4 aromatic rings. The van der Waals surface area contributed by atoms with E-state index in [4.69, 9.17) is 17.4 Å². The highest BCUT2D eigenvalue weighted by molar-refractivity contribution is 9.10. The molecule has 0 spiro atoms. The number of carbonyl (C=O) groups excluding carboxylic acids is 1. The molecule has 0 atom stereocenters. The van der Waals surface area contributed by atoms with Crippen molar-refractivity contribution < 1.29 is 4.79 Å². The molecule has 0 radical (unpaired) electrons. The van der Waals surface area contributed by atoms with Crippen molar-refractivity contribution in [1.29, 1.82) is 0 Å². The van der Waals surface area contributed by atoms with E-state index < -0.39 is 0 Å². The van der Waals surface area contributed by atoms with E-state index >= 15 is 0 Å². The Labute approximate surface area is 176 Å². The molecule has 0 unspecified atom stereocenters. The van der Waals surface area contributed by atoms with E-state index in [2.05, 4.69) is 44.3 Å². The first-order chi connectivity index (χ1) is 13.6. The number of nitrogens with zero attached hydrogens (tertiary/aromatic N) is 1. The molecule has 1 aromatic heterocycles. The number of rotatable bonds is 4. The van der Waals surface area contributed by atoms with Gasteiger partial charge in [-0.2, -0.15) is 0 Å². The van der Waals surface area contributed by atoms with Gasteiger partial charge in [0, 0.05) is 44.3 Å². The number of aromatic nitrogens is 1. The summed E-state index contributed by atoms with van der Waals surface area (Å²) in [7, 11) is 0. The number of halogens is 2. The predicted octanol–water partition coefficient (Wildman–Crippen LogP) is 5.38. The van der Waals surface area contributed by atoms with E-state index in [1.807, 2.05) is 42.5 Å². The van der Waals surface area contributed by atoms with Gasteiger partial charge in [-0.05, 0) is 41.5 Å². The highest BCUT2D eigenvalue weighted by atomic mass is 79.9. The molecule has 0 aliphatic rings. The molecule has 4 nitrogen and oxygen atoms in total. The van der Waals surface area contributed by atoms with Crippen LogP contribution in [0.1, 0.15) is 15.9 Å². The lowest BCUT2D eigenvalue weighted by Gasteiger charge is -2.08. The molecule has 0 aliphatic heterocycles. The number of carbonyl (C=O) groups is 1. The third-order valence-corrected chi connectivity index (χ3v) is 5.58. The molecule has 0 saturated carbocycles. The van der Waals surface area contributed by atoms with Crippen molar-refractivity contribution in [1.82, 2.24) is 9.99 Å². The number of nitrogens with two attached hydrogens (primary N) is 1. The molecule has 1 amide bonds. The molecule has 0 fully saturated rings. The van der Waals surface area contributed by atoms with Crippen molar-refractivity contribution in [3.63, 3.8) is 0 Å². The van der Waals surface area contributed by atoms with Crippen molar-refractivity contribution in [2.24, 2.45) is 5.84 Å². The third kappa shape index (κ3) is 3.56. The molecule has 3 aromatic carbocycles. The summed E-state index contributed by atoms with van der Waals surface area (Å²) >= 11 is 9.87. The van der Waals surface area contributed by atoms with Crippen molar-refractivity contribution in [2.45, 2.75) is 6.54 Å². The van der Waals surface area contributed by atoms with Gasteiger partial charge in [0.25, 0.3) is 5.91 Å². The van der Waals surface area contributed by atoms with E-state index in [-0.39, 0.29) is 5.91 Å². The molecular formula is C22H17BrClN3O. The summed E-state index contributed by atoms with van der Waals surface area (Å²) in [6.45, 7) is 0.667. The van der Waals surface area contributed by atoms with E-state index in [1.54, 1.807) is 12.1 Å². The van der Waals surface area contributed by atoms with Crippen LogP contribution in [0.4, 0.5) is 0 Å². The molecule has 4 rings (SSSR count). The largest absolute Gasteiger partial charge is 0.342 e. The maximum Gasteiger partial charge on any atom is 0.265 e. The van der Waals surface area contributed by atoms with Crippen LogP contribution >= 0.6 is 27.5 Å². The van der Waals surface area contributed by atoms with Crippen molar-refractivity contribution in [3.8, 4) is 11.1 Å². The summed E-state index contributed by atoms with van der Waals surface area (Å²) in [6, 6.07) is 21.6. The average Bonchev–Trinajstić information content (AvgIpc) is 3.08. The van der Waals surface area contributed by atoms with Gasteiger partial charge >= 0.3 is 0 Å². The van der Waals surface area contributed by atoms with Crippen molar-refractivity contribution >= 4 is 44.3 Å². The topological polar surface area (TPSA) is 60.0 Å². The molecule has 28 heavy (non-hydrogen) atoms. The zero-order valence-electron chi connectivity index (χ0n) is 14.8. The van der Waals surface area contributed by atoms with Crippen LogP contribution in [0.3, 0.4) is 0 Å². The van der Waals surface area contributed by atoms with Crippen LogP contribution in [-0.2, 0) is 6.54 Å². The van der Waals surface area contributed by atoms with Gasteiger partial charge in [0.05, 0.1) is 0 Å². The maximum atomic E-state index is 11.7. The predicted molar refractivity (Wildman–Crippen MR) is 117 cm³/mol. The second kappa shape index (κ2) is 7.80. The summed E-state index contributed by atoms with van der Waals surface area (Å²) in [5.74, 6) is 4.90. The number of nitrogens with one attached hydrogen (secondary N) is 1. The quantitative estimate of drug-likeness (QED) is 0.247. The molecule has 6 heteroatoms. The second-order valence-corrected chi connectivity index (χ2v) is 7.80. The smallest absolute Gasteiger partial charge is 0.265 e. The minimum absolute atomic E-state index is 0.307. The standard InChI is InChI=1S/C22H17BrClN3O/c23-17-10-9-16(20(24)11-17)12-27-13-19(18-3-1-2-4-21(18)27)14-5-7-15(8-6-14)22(28)26-25/h1-11,13H,12,25H2,(H,26,28). The number of hydrogen-bond acceptors (Lipinski definition) is 2. The maximum absolute atomic E-state index is 11.7. The summed E-state index contributed by atoms with van der Waals surface area (Å²) in [5, 5.41) is 1.87. The Balaban J connectivity index is 1.77. The molecule has 0 bridgehead atoms. The number of para-hydroxylation sites is 1. The number of fused-ring (bicyclic) bond motifs is 1. The van der Waals surface area contributed by atoms with Gasteiger partial charge in [-0.15, -0.1) is 0 Å². The first-order valence-corrected chi connectivity index (χ1v) is 9.87. The zero-order chi connectivity index (χ0) is 19.7. The number of hydrogen-bond donors (Lipinski definition) is 2. The number of nitrogen functional groups attached to an aromatic ring is 1. The van der Waals surface area contributed by atoms with Gasteiger partial charge in [0.15, 0.2) is 0 Å². The van der Waals surface area contributed by atoms with Crippen LogP contribution < -0.4 is 11.3 Å². The van der Waals surface area contributed by atoms with Crippen LogP contribution in [0.15, 0.2) is 77.4 Å². The summed E-state index contributed by atoms with van der Waals surface area (Å²) in [5.41, 5.74) is 6.98. The Morgan fingerprint density at radius 2 is 1.82 bits per heavy atom. The molecule has 1 heterocycles.